The molecule has 0 unspecified atom stereocenters. The molecule has 1 fully saturated rings. The highest BCUT2D eigenvalue weighted by atomic mass is 35.5. The Kier molecular flexibility index (Phi) is 4.80. The summed E-state index contributed by atoms with van der Waals surface area (Å²) in [7, 11) is 0. The molecule has 1 aromatic rings. The third-order valence-corrected chi connectivity index (χ3v) is 3.41. The summed E-state index contributed by atoms with van der Waals surface area (Å²) in [5, 5.41) is 3.33. The summed E-state index contributed by atoms with van der Waals surface area (Å²) >= 11 is 5.87. The highest BCUT2D eigenvalue weighted by Crippen LogP contribution is 2.11. The van der Waals surface area contributed by atoms with Crippen molar-refractivity contribution in [3.63, 3.8) is 0 Å². The highest BCUT2D eigenvalue weighted by Gasteiger charge is 2.23. The second-order valence-corrected chi connectivity index (χ2v) is 5.07. The molecule has 1 aromatic carbocycles. The molecular formula is C14H17ClN2O2. The van der Waals surface area contributed by atoms with Crippen LogP contribution in [0.4, 0.5) is 0 Å². The summed E-state index contributed by atoms with van der Waals surface area (Å²) in [6.07, 6.45) is 2.64. The van der Waals surface area contributed by atoms with E-state index in [-0.39, 0.29) is 0 Å². The van der Waals surface area contributed by atoms with Gasteiger partial charge in [0.1, 0.15) is 0 Å². The van der Waals surface area contributed by atoms with Crippen molar-refractivity contribution < 1.29 is 9.59 Å². The standard InChI is InChI=1S/C14H17ClN2O2/c15-12-5-3-4-11(10-12)6-7-16-13(18)14(19)17-8-1-2-9-17/h3-5,10H,1-2,6-9H2,(H,16,18). The average Bonchev–Trinajstić information content (AvgIpc) is 2.91. The van der Waals surface area contributed by atoms with Crippen molar-refractivity contribution in [1.82, 2.24) is 10.2 Å². The fourth-order valence-electron chi connectivity index (χ4n) is 2.15. The van der Waals surface area contributed by atoms with Gasteiger partial charge in [-0.3, -0.25) is 9.59 Å². The summed E-state index contributed by atoms with van der Waals surface area (Å²) in [4.78, 5) is 25.0. The number of amides is 2. The maximum atomic E-state index is 11.7. The maximum Gasteiger partial charge on any atom is 0.311 e. The van der Waals surface area contributed by atoms with Crippen LogP contribution in [-0.2, 0) is 16.0 Å². The van der Waals surface area contributed by atoms with Crippen molar-refractivity contribution in [2.45, 2.75) is 19.3 Å². The Morgan fingerprint density at radius 1 is 1.26 bits per heavy atom. The number of benzene rings is 1. The Labute approximate surface area is 117 Å². The lowest BCUT2D eigenvalue weighted by Gasteiger charge is -2.14. The lowest BCUT2D eigenvalue weighted by Crippen LogP contribution is -2.42. The monoisotopic (exact) mass is 280 g/mol. The molecule has 1 heterocycles. The largest absolute Gasteiger partial charge is 0.347 e. The molecule has 0 aromatic heterocycles. The van der Waals surface area contributed by atoms with E-state index in [9.17, 15) is 9.59 Å². The van der Waals surface area contributed by atoms with Crippen LogP contribution in [0.5, 0.6) is 0 Å². The Morgan fingerprint density at radius 3 is 2.68 bits per heavy atom. The quantitative estimate of drug-likeness (QED) is 0.856. The van der Waals surface area contributed by atoms with E-state index in [1.807, 2.05) is 18.2 Å². The highest BCUT2D eigenvalue weighted by molar-refractivity contribution is 6.35. The first-order valence-corrected chi connectivity index (χ1v) is 6.86. The van der Waals surface area contributed by atoms with E-state index in [0.717, 1.165) is 18.4 Å². The van der Waals surface area contributed by atoms with Crippen LogP contribution < -0.4 is 5.32 Å². The molecule has 0 radical (unpaired) electrons. The van der Waals surface area contributed by atoms with Gasteiger partial charge in [-0.1, -0.05) is 23.7 Å². The molecule has 1 saturated heterocycles. The first kappa shape index (κ1) is 13.9. The van der Waals surface area contributed by atoms with Crippen molar-refractivity contribution in [1.29, 1.82) is 0 Å². The van der Waals surface area contributed by atoms with E-state index in [0.29, 0.717) is 31.1 Å². The molecule has 5 heteroatoms. The zero-order valence-electron chi connectivity index (χ0n) is 10.7. The maximum absolute atomic E-state index is 11.7. The smallest absolute Gasteiger partial charge is 0.311 e. The number of halogens is 1. The molecular weight excluding hydrogens is 264 g/mol. The fourth-order valence-corrected chi connectivity index (χ4v) is 2.37. The predicted molar refractivity (Wildman–Crippen MR) is 74.0 cm³/mol. The second kappa shape index (κ2) is 6.57. The van der Waals surface area contributed by atoms with Crippen LogP contribution in [-0.4, -0.2) is 36.3 Å². The van der Waals surface area contributed by atoms with Gasteiger partial charge in [-0.05, 0) is 37.0 Å². The van der Waals surface area contributed by atoms with E-state index in [1.54, 1.807) is 11.0 Å². The van der Waals surface area contributed by atoms with E-state index in [2.05, 4.69) is 5.32 Å². The first-order chi connectivity index (χ1) is 9.16. The molecule has 0 spiro atoms. The molecule has 1 N–H and O–H groups in total. The summed E-state index contributed by atoms with van der Waals surface area (Å²) in [5.74, 6) is -0.924. The number of nitrogens with zero attached hydrogens (tertiary/aromatic N) is 1. The van der Waals surface area contributed by atoms with Crippen LogP contribution in [0.25, 0.3) is 0 Å². The van der Waals surface area contributed by atoms with Crippen molar-refractivity contribution in [3.8, 4) is 0 Å². The molecule has 2 amide bonds. The Hall–Kier alpha value is -1.55. The van der Waals surface area contributed by atoms with E-state index in [1.165, 1.54) is 0 Å². The first-order valence-electron chi connectivity index (χ1n) is 6.48. The summed E-state index contributed by atoms with van der Waals surface area (Å²) in [6, 6.07) is 7.48. The van der Waals surface area contributed by atoms with Crippen molar-refractivity contribution >= 4 is 23.4 Å². The summed E-state index contributed by atoms with van der Waals surface area (Å²) in [6.45, 7) is 1.83. The molecule has 0 atom stereocenters. The third-order valence-electron chi connectivity index (χ3n) is 3.18. The number of hydrogen-bond acceptors (Lipinski definition) is 2. The predicted octanol–water partition coefficient (Wildman–Crippen LogP) is 1.62. The van der Waals surface area contributed by atoms with Crippen LogP contribution in [0.15, 0.2) is 24.3 Å². The van der Waals surface area contributed by atoms with Crippen molar-refractivity contribution in [2.24, 2.45) is 0 Å². The molecule has 0 saturated carbocycles. The number of carbonyl (C=O) groups excluding carboxylic acids is 2. The molecule has 0 aliphatic carbocycles. The summed E-state index contributed by atoms with van der Waals surface area (Å²) in [5.41, 5.74) is 1.04. The number of hydrogen-bond donors (Lipinski definition) is 1. The zero-order chi connectivity index (χ0) is 13.7. The fraction of sp³-hybridized carbons (Fsp3) is 0.429. The number of rotatable bonds is 3. The van der Waals surface area contributed by atoms with Gasteiger partial charge >= 0.3 is 11.8 Å². The number of likely N-dealkylation sites (tertiary alicyclic amines) is 1. The minimum Gasteiger partial charge on any atom is -0.347 e. The van der Waals surface area contributed by atoms with E-state index in [4.69, 9.17) is 11.6 Å². The lowest BCUT2D eigenvalue weighted by atomic mass is 10.1. The van der Waals surface area contributed by atoms with Gasteiger partial charge in [0.2, 0.25) is 0 Å². The lowest BCUT2D eigenvalue weighted by molar-refractivity contribution is -0.145. The van der Waals surface area contributed by atoms with Gasteiger partial charge in [0.05, 0.1) is 0 Å². The van der Waals surface area contributed by atoms with Gasteiger partial charge in [-0.25, -0.2) is 0 Å². The SMILES string of the molecule is O=C(NCCc1cccc(Cl)c1)C(=O)N1CCCC1. The van der Waals surface area contributed by atoms with Crippen LogP contribution in [0.1, 0.15) is 18.4 Å². The molecule has 0 bridgehead atoms. The van der Waals surface area contributed by atoms with Crippen molar-refractivity contribution in [3.05, 3.63) is 34.9 Å². The van der Waals surface area contributed by atoms with Crippen molar-refractivity contribution in [2.75, 3.05) is 19.6 Å². The summed E-state index contributed by atoms with van der Waals surface area (Å²) < 4.78 is 0. The van der Waals surface area contributed by atoms with Crippen LogP contribution in [0, 0.1) is 0 Å². The van der Waals surface area contributed by atoms with Crippen LogP contribution in [0.2, 0.25) is 5.02 Å². The molecule has 1 aliphatic rings. The second-order valence-electron chi connectivity index (χ2n) is 4.64. The van der Waals surface area contributed by atoms with Gasteiger partial charge in [0.25, 0.3) is 0 Å². The molecule has 4 nitrogen and oxygen atoms in total. The third kappa shape index (κ3) is 3.96. The van der Waals surface area contributed by atoms with E-state index >= 15 is 0 Å². The van der Waals surface area contributed by atoms with Gasteiger partial charge in [-0.15, -0.1) is 0 Å². The van der Waals surface area contributed by atoms with Crippen LogP contribution >= 0.6 is 11.6 Å². The topological polar surface area (TPSA) is 49.4 Å². The van der Waals surface area contributed by atoms with Gasteiger partial charge in [-0.2, -0.15) is 0 Å². The van der Waals surface area contributed by atoms with Crippen LogP contribution in [0.3, 0.4) is 0 Å². The van der Waals surface area contributed by atoms with Gasteiger partial charge in [0, 0.05) is 24.7 Å². The average molecular weight is 281 g/mol. The normalized spacial score (nSPS) is 14.5. The van der Waals surface area contributed by atoms with E-state index < -0.39 is 11.8 Å². The Morgan fingerprint density at radius 2 is 2.00 bits per heavy atom. The molecule has 19 heavy (non-hydrogen) atoms. The van der Waals surface area contributed by atoms with Gasteiger partial charge < -0.3 is 10.2 Å². The minimum absolute atomic E-state index is 0.413. The molecule has 2 rings (SSSR count). The Bertz CT molecular complexity index is 470. The molecule has 102 valence electrons. The Balaban J connectivity index is 1.76. The minimum atomic E-state index is -0.510. The zero-order valence-corrected chi connectivity index (χ0v) is 11.4. The molecule has 1 aliphatic heterocycles. The number of nitrogens with one attached hydrogen (secondary N) is 1. The van der Waals surface area contributed by atoms with Gasteiger partial charge in [0.15, 0.2) is 0 Å². The number of carbonyl (C=O) groups is 2.